The quantitative estimate of drug-likeness (QED) is 0.400. The molecule has 0 spiro atoms. The summed E-state index contributed by atoms with van der Waals surface area (Å²) in [4.78, 5) is 17.2. The molecule has 5 nitrogen and oxygen atoms in total. The van der Waals surface area contributed by atoms with E-state index in [0.717, 1.165) is 39.0 Å². The van der Waals surface area contributed by atoms with Crippen molar-refractivity contribution < 1.29 is 9.21 Å². The average Bonchev–Trinajstić information content (AvgIpc) is 3.11. The summed E-state index contributed by atoms with van der Waals surface area (Å²) < 4.78 is 5.95. The number of fused-ring (bicyclic) bond motifs is 1. The van der Waals surface area contributed by atoms with Crippen LogP contribution in [-0.4, -0.2) is 16.0 Å². The number of aryl methyl sites for hydroxylation is 4. The second kappa shape index (κ2) is 8.32. The Bertz CT molecular complexity index is 1280. The van der Waals surface area contributed by atoms with Crippen LogP contribution in [0.4, 0.5) is 5.69 Å². The van der Waals surface area contributed by atoms with Crippen LogP contribution in [-0.2, 0) is 0 Å². The number of benzene rings is 3. The van der Waals surface area contributed by atoms with Gasteiger partial charge in [-0.25, -0.2) is 4.98 Å². The first-order valence-electron chi connectivity index (χ1n) is 9.98. The monoisotopic (exact) mass is 429 g/mol. The summed E-state index contributed by atoms with van der Waals surface area (Å²) in [6.45, 7) is 8.01. The van der Waals surface area contributed by atoms with Gasteiger partial charge in [-0.1, -0.05) is 23.8 Å². The number of carbonyl (C=O) groups is 1. The van der Waals surface area contributed by atoms with E-state index in [2.05, 4.69) is 29.5 Å². The van der Waals surface area contributed by atoms with Crippen molar-refractivity contribution in [2.24, 2.45) is 0 Å². The predicted molar refractivity (Wildman–Crippen MR) is 129 cm³/mol. The van der Waals surface area contributed by atoms with Gasteiger partial charge >= 0.3 is 0 Å². The van der Waals surface area contributed by atoms with Gasteiger partial charge in [0, 0.05) is 16.8 Å². The van der Waals surface area contributed by atoms with Crippen LogP contribution in [0.2, 0.25) is 0 Å². The second-order valence-corrected chi connectivity index (χ2v) is 8.14. The summed E-state index contributed by atoms with van der Waals surface area (Å²) in [5, 5.41) is 6.03. The Balaban J connectivity index is 1.51. The fourth-order valence-corrected chi connectivity index (χ4v) is 3.65. The van der Waals surface area contributed by atoms with Crippen LogP contribution < -0.4 is 10.6 Å². The molecule has 156 valence electrons. The highest BCUT2D eigenvalue weighted by molar-refractivity contribution is 7.80. The van der Waals surface area contributed by atoms with E-state index in [1.54, 1.807) is 6.07 Å². The molecule has 1 aromatic heterocycles. The molecule has 4 rings (SSSR count). The van der Waals surface area contributed by atoms with E-state index in [-0.39, 0.29) is 11.0 Å². The smallest absolute Gasteiger partial charge is 0.257 e. The molecule has 0 aliphatic heterocycles. The summed E-state index contributed by atoms with van der Waals surface area (Å²) in [6.07, 6.45) is 0. The second-order valence-electron chi connectivity index (χ2n) is 7.73. The molecule has 0 bridgehead atoms. The molecule has 3 aromatic carbocycles. The molecule has 0 aliphatic rings. The lowest BCUT2D eigenvalue weighted by Crippen LogP contribution is -2.34. The van der Waals surface area contributed by atoms with Gasteiger partial charge in [0.15, 0.2) is 10.7 Å². The summed E-state index contributed by atoms with van der Waals surface area (Å²) >= 11 is 5.34. The average molecular weight is 430 g/mol. The van der Waals surface area contributed by atoms with Crippen molar-refractivity contribution in [3.8, 4) is 11.5 Å². The van der Waals surface area contributed by atoms with E-state index in [9.17, 15) is 4.79 Å². The SMILES string of the molecule is Cc1ccc(C(=O)NC(=S)Nc2cccc(-c3nc4cc(C)c(C)cc4o3)c2)c(C)c1. The molecule has 1 heterocycles. The summed E-state index contributed by atoms with van der Waals surface area (Å²) in [7, 11) is 0. The maximum absolute atomic E-state index is 12.6. The Kier molecular flexibility index (Phi) is 5.57. The van der Waals surface area contributed by atoms with E-state index in [4.69, 9.17) is 16.6 Å². The lowest BCUT2D eigenvalue weighted by atomic mass is 10.1. The minimum atomic E-state index is -0.240. The maximum atomic E-state index is 12.6. The molecule has 1 amide bonds. The van der Waals surface area contributed by atoms with Crippen LogP contribution >= 0.6 is 12.2 Å². The summed E-state index contributed by atoms with van der Waals surface area (Å²) in [6, 6.07) is 17.3. The molecule has 0 aliphatic carbocycles. The molecule has 0 saturated carbocycles. The van der Waals surface area contributed by atoms with Crippen LogP contribution in [0.5, 0.6) is 0 Å². The van der Waals surface area contributed by atoms with E-state index >= 15 is 0 Å². The molecule has 0 unspecified atom stereocenters. The third kappa shape index (κ3) is 4.49. The van der Waals surface area contributed by atoms with Gasteiger partial charge in [0.1, 0.15) is 5.52 Å². The zero-order valence-corrected chi connectivity index (χ0v) is 18.7. The minimum Gasteiger partial charge on any atom is -0.436 e. The normalized spacial score (nSPS) is 10.8. The first kappa shape index (κ1) is 20.8. The Hall–Kier alpha value is -3.51. The number of rotatable bonds is 3. The highest BCUT2D eigenvalue weighted by atomic mass is 32.1. The number of nitrogens with zero attached hydrogens (tertiary/aromatic N) is 1. The van der Waals surface area contributed by atoms with Crippen molar-refractivity contribution in [3.05, 3.63) is 82.4 Å². The number of carbonyl (C=O) groups excluding carboxylic acids is 1. The van der Waals surface area contributed by atoms with Gasteiger partial charge in [0.05, 0.1) is 0 Å². The van der Waals surface area contributed by atoms with Crippen LogP contribution in [0.3, 0.4) is 0 Å². The van der Waals surface area contributed by atoms with Gasteiger partial charge < -0.3 is 9.73 Å². The van der Waals surface area contributed by atoms with Gasteiger partial charge in [-0.15, -0.1) is 0 Å². The van der Waals surface area contributed by atoms with Gasteiger partial charge in [-0.2, -0.15) is 0 Å². The van der Waals surface area contributed by atoms with Crippen LogP contribution in [0.15, 0.2) is 59.0 Å². The predicted octanol–water partition coefficient (Wildman–Crippen LogP) is 5.86. The molecule has 2 N–H and O–H groups in total. The van der Waals surface area contributed by atoms with Crippen molar-refractivity contribution in [1.82, 2.24) is 10.3 Å². The fourth-order valence-electron chi connectivity index (χ4n) is 3.43. The van der Waals surface area contributed by atoms with Crippen LogP contribution in [0.1, 0.15) is 32.6 Å². The zero-order valence-electron chi connectivity index (χ0n) is 17.9. The van der Waals surface area contributed by atoms with Gasteiger partial charge in [0.2, 0.25) is 5.89 Å². The van der Waals surface area contributed by atoms with E-state index in [1.807, 2.05) is 62.4 Å². The molecule has 4 aromatic rings. The number of amides is 1. The third-order valence-corrected chi connectivity index (χ3v) is 5.43. The molecule has 0 saturated heterocycles. The highest BCUT2D eigenvalue weighted by Gasteiger charge is 2.13. The minimum absolute atomic E-state index is 0.228. The van der Waals surface area contributed by atoms with Crippen molar-refractivity contribution in [3.63, 3.8) is 0 Å². The maximum Gasteiger partial charge on any atom is 0.257 e. The number of oxazole rings is 1. The molecule has 0 atom stereocenters. The summed E-state index contributed by atoms with van der Waals surface area (Å²) in [5.74, 6) is 0.296. The fraction of sp³-hybridized carbons (Fsp3) is 0.160. The molecule has 6 heteroatoms. The van der Waals surface area contributed by atoms with Gasteiger partial charge in [0.25, 0.3) is 5.91 Å². The number of hydrogen-bond donors (Lipinski definition) is 2. The van der Waals surface area contributed by atoms with Crippen molar-refractivity contribution in [2.75, 3.05) is 5.32 Å². The van der Waals surface area contributed by atoms with Crippen molar-refractivity contribution in [1.29, 1.82) is 0 Å². The molecule has 0 radical (unpaired) electrons. The Labute approximate surface area is 186 Å². The molecular formula is C25H23N3O2S. The van der Waals surface area contributed by atoms with Crippen molar-refractivity contribution >= 4 is 40.0 Å². The zero-order chi connectivity index (χ0) is 22.1. The Morgan fingerprint density at radius 2 is 1.71 bits per heavy atom. The molecule has 31 heavy (non-hydrogen) atoms. The van der Waals surface area contributed by atoms with E-state index in [0.29, 0.717) is 11.5 Å². The third-order valence-electron chi connectivity index (χ3n) is 5.22. The lowest BCUT2D eigenvalue weighted by molar-refractivity contribution is 0.0977. The van der Waals surface area contributed by atoms with Gasteiger partial charge in [-0.3, -0.25) is 10.1 Å². The number of hydrogen-bond acceptors (Lipinski definition) is 4. The Morgan fingerprint density at radius 3 is 2.48 bits per heavy atom. The lowest BCUT2D eigenvalue weighted by Gasteiger charge is -2.11. The largest absolute Gasteiger partial charge is 0.436 e. The van der Waals surface area contributed by atoms with Crippen LogP contribution in [0, 0.1) is 27.7 Å². The van der Waals surface area contributed by atoms with Crippen molar-refractivity contribution in [2.45, 2.75) is 27.7 Å². The number of anilines is 1. The standard InChI is InChI=1S/C25H23N3O2S/c1-14-8-9-20(17(4)10-14)23(29)28-25(31)26-19-7-5-6-18(13-19)24-27-21-11-15(2)16(3)12-22(21)30-24/h5-13H,1-4H3,(H2,26,28,29,31). The first-order chi connectivity index (χ1) is 14.8. The van der Waals surface area contributed by atoms with E-state index < -0.39 is 0 Å². The number of thiocarbonyl (C=S) groups is 1. The molecule has 0 fully saturated rings. The number of nitrogens with one attached hydrogen (secondary N) is 2. The first-order valence-corrected chi connectivity index (χ1v) is 10.4. The topological polar surface area (TPSA) is 67.2 Å². The highest BCUT2D eigenvalue weighted by Crippen LogP contribution is 2.27. The van der Waals surface area contributed by atoms with Crippen LogP contribution in [0.25, 0.3) is 22.6 Å². The van der Waals surface area contributed by atoms with E-state index in [1.165, 1.54) is 5.56 Å². The number of aromatic nitrogens is 1. The van der Waals surface area contributed by atoms with Gasteiger partial charge in [-0.05, 0) is 93.0 Å². The Morgan fingerprint density at radius 1 is 0.935 bits per heavy atom. The molecular weight excluding hydrogens is 406 g/mol. The summed E-state index contributed by atoms with van der Waals surface area (Å²) in [5.41, 5.74) is 8.09.